The van der Waals surface area contributed by atoms with Crippen LogP contribution >= 0.6 is 11.3 Å². The van der Waals surface area contributed by atoms with Crippen LogP contribution in [0.15, 0.2) is 35.3 Å². The van der Waals surface area contributed by atoms with Crippen molar-refractivity contribution >= 4 is 28.0 Å². The van der Waals surface area contributed by atoms with Crippen LogP contribution in [0.25, 0.3) is 10.8 Å². The first-order valence-electron chi connectivity index (χ1n) is 13.3. The minimum Gasteiger partial charge on any atom is -0.464 e. The molecule has 2 aliphatic rings. The third-order valence-corrected chi connectivity index (χ3v) is 8.71. The normalized spacial score (nSPS) is 20.3. The Morgan fingerprint density at radius 1 is 1.21 bits per heavy atom. The van der Waals surface area contributed by atoms with Gasteiger partial charge in [0.1, 0.15) is 0 Å². The van der Waals surface area contributed by atoms with Gasteiger partial charge in [0.2, 0.25) is 0 Å². The number of carbonyl (C=O) groups is 1. The number of benzene rings is 1. The summed E-state index contributed by atoms with van der Waals surface area (Å²) < 4.78 is 32.9. The first kappa shape index (κ1) is 26.7. The van der Waals surface area contributed by atoms with Gasteiger partial charge in [-0.05, 0) is 69.2 Å². The van der Waals surface area contributed by atoms with Crippen molar-refractivity contribution in [2.45, 2.75) is 64.0 Å². The predicted octanol–water partition coefficient (Wildman–Crippen LogP) is 4.77. The molecular formula is C28H34F2N4O3S. The van der Waals surface area contributed by atoms with E-state index in [1.54, 1.807) is 31.4 Å². The van der Waals surface area contributed by atoms with Gasteiger partial charge in [0, 0.05) is 60.5 Å². The molecule has 1 aliphatic carbocycles. The molecule has 1 amide bonds. The number of hydrogen-bond acceptors (Lipinski definition) is 6. The van der Waals surface area contributed by atoms with Gasteiger partial charge in [0.25, 0.3) is 22.6 Å². The van der Waals surface area contributed by atoms with Crippen molar-refractivity contribution in [3.8, 4) is 5.19 Å². The Morgan fingerprint density at radius 3 is 2.76 bits per heavy atom. The zero-order valence-electron chi connectivity index (χ0n) is 21.8. The number of halogens is 2. The summed E-state index contributed by atoms with van der Waals surface area (Å²) >= 11 is 1.38. The summed E-state index contributed by atoms with van der Waals surface area (Å²) in [4.78, 5) is 33.4. The van der Waals surface area contributed by atoms with Crippen molar-refractivity contribution in [2.75, 3.05) is 19.7 Å². The van der Waals surface area contributed by atoms with Gasteiger partial charge in [-0.15, -0.1) is 0 Å². The fraction of sp³-hybridized carbons (Fsp3) is 0.536. The predicted molar refractivity (Wildman–Crippen MR) is 144 cm³/mol. The number of nitrogens with zero attached hydrogens (tertiary/aromatic N) is 3. The number of aryl methyl sites for hydroxylation is 1. The highest BCUT2D eigenvalue weighted by molar-refractivity contribution is 7.13. The van der Waals surface area contributed by atoms with Crippen LogP contribution in [0.5, 0.6) is 5.19 Å². The molecule has 5 rings (SSSR count). The molecule has 0 atom stereocenters. The molecule has 204 valence electrons. The van der Waals surface area contributed by atoms with E-state index in [0.717, 1.165) is 75.7 Å². The van der Waals surface area contributed by atoms with Gasteiger partial charge in [-0.3, -0.25) is 14.5 Å². The Morgan fingerprint density at radius 2 is 2.00 bits per heavy atom. The highest BCUT2D eigenvalue weighted by Gasteiger charge is 2.27. The highest BCUT2D eigenvalue weighted by atomic mass is 32.1. The number of amides is 1. The van der Waals surface area contributed by atoms with E-state index < -0.39 is 12.5 Å². The van der Waals surface area contributed by atoms with Crippen LogP contribution in [-0.2, 0) is 20.0 Å². The number of alkyl halides is 2. The summed E-state index contributed by atoms with van der Waals surface area (Å²) in [6.07, 6.45) is 7.70. The first-order chi connectivity index (χ1) is 18.2. The molecule has 1 aliphatic heterocycles. The SMILES string of the molecule is Cn1ccc2c(C(=O)N[C@H]3CC[C@H](CCN4CCc5sc(OCC(C)(F)F)nc5C4)CC3)cccc2c1=O. The molecule has 7 nitrogen and oxygen atoms in total. The lowest BCUT2D eigenvalue weighted by Gasteiger charge is -2.32. The van der Waals surface area contributed by atoms with Crippen molar-refractivity contribution in [1.82, 2.24) is 19.8 Å². The third-order valence-electron chi connectivity index (χ3n) is 7.64. The van der Waals surface area contributed by atoms with Crippen LogP contribution in [0.2, 0.25) is 0 Å². The zero-order valence-corrected chi connectivity index (χ0v) is 22.7. The Labute approximate surface area is 224 Å². The number of thiazole rings is 1. The van der Waals surface area contributed by atoms with E-state index in [0.29, 0.717) is 27.4 Å². The molecule has 1 N–H and O–H groups in total. The molecule has 0 unspecified atom stereocenters. The van der Waals surface area contributed by atoms with Crippen LogP contribution in [0.1, 0.15) is 60.0 Å². The Hall–Kier alpha value is -2.85. The van der Waals surface area contributed by atoms with Gasteiger partial charge in [0.15, 0.2) is 6.61 Å². The number of aromatic nitrogens is 2. The highest BCUT2D eigenvalue weighted by Crippen LogP contribution is 2.32. The molecule has 2 aromatic heterocycles. The maximum atomic E-state index is 13.1. The van der Waals surface area contributed by atoms with Gasteiger partial charge in [-0.1, -0.05) is 17.4 Å². The molecule has 1 saturated carbocycles. The van der Waals surface area contributed by atoms with Crippen molar-refractivity contribution in [2.24, 2.45) is 13.0 Å². The maximum Gasteiger partial charge on any atom is 0.278 e. The molecule has 0 spiro atoms. The fourth-order valence-electron chi connectivity index (χ4n) is 5.47. The average Bonchev–Trinajstić information content (AvgIpc) is 3.31. The molecule has 1 aromatic carbocycles. The fourth-order valence-corrected chi connectivity index (χ4v) is 6.37. The summed E-state index contributed by atoms with van der Waals surface area (Å²) in [5.74, 6) is -2.37. The molecule has 1 fully saturated rings. The quantitative estimate of drug-likeness (QED) is 0.442. The second-order valence-electron chi connectivity index (χ2n) is 10.7. The minimum atomic E-state index is -2.86. The molecule has 3 heterocycles. The number of fused-ring (bicyclic) bond motifs is 2. The third kappa shape index (κ3) is 6.23. The number of carbonyl (C=O) groups excluding carboxylic acids is 1. The van der Waals surface area contributed by atoms with Gasteiger partial charge < -0.3 is 14.6 Å². The largest absolute Gasteiger partial charge is 0.464 e. The summed E-state index contributed by atoms with van der Waals surface area (Å²) in [7, 11) is 1.71. The smallest absolute Gasteiger partial charge is 0.278 e. The average molecular weight is 545 g/mol. The van der Waals surface area contributed by atoms with Crippen molar-refractivity contribution in [1.29, 1.82) is 0 Å². The molecule has 0 bridgehead atoms. The number of nitrogens with one attached hydrogen (secondary N) is 1. The molecule has 38 heavy (non-hydrogen) atoms. The van der Waals surface area contributed by atoms with E-state index in [2.05, 4.69) is 15.2 Å². The van der Waals surface area contributed by atoms with Gasteiger partial charge in [-0.2, -0.15) is 0 Å². The number of ether oxygens (including phenoxy) is 1. The van der Waals surface area contributed by atoms with Gasteiger partial charge in [0.05, 0.1) is 5.69 Å². The minimum absolute atomic E-state index is 0.104. The summed E-state index contributed by atoms with van der Waals surface area (Å²) in [5.41, 5.74) is 1.39. The number of hydrogen-bond donors (Lipinski definition) is 1. The van der Waals surface area contributed by atoms with E-state index >= 15 is 0 Å². The van der Waals surface area contributed by atoms with Crippen LogP contribution in [0.3, 0.4) is 0 Å². The lowest BCUT2D eigenvalue weighted by molar-refractivity contribution is -0.0230. The standard InChI is InChI=1S/C28H34F2N4O3S/c1-28(29,30)17-37-27-32-23-16-34(15-12-24(23)38-27)14-10-18-6-8-19(9-7-18)31-25(35)21-4-3-5-22-20(21)11-13-33(2)26(22)36/h3-5,11,13,18-19H,6-10,12,14-17H2,1-2H3,(H,31,35)/t18-,19-. The summed E-state index contributed by atoms with van der Waals surface area (Å²) in [5, 5.41) is 4.78. The summed E-state index contributed by atoms with van der Waals surface area (Å²) in [6, 6.07) is 7.28. The molecule has 3 aromatic rings. The van der Waals surface area contributed by atoms with E-state index in [1.165, 1.54) is 15.9 Å². The maximum absolute atomic E-state index is 13.1. The van der Waals surface area contributed by atoms with E-state index in [4.69, 9.17) is 4.74 Å². The lowest BCUT2D eigenvalue weighted by Crippen LogP contribution is -2.38. The van der Waals surface area contributed by atoms with Crippen molar-refractivity contribution in [3.63, 3.8) is 0 Å². The Kier molecular flexibility index (Phi) is 7.81. The van der Waals surface area contributed by atoms with E-state index in [9.17, 15) is 18.4 Å². The van der Waals surface area contributed by atoms with Crippen LogP contribution in [-0.4, -0.2) is 52.0 Å². The second-order valence-corrected chi connectivity index (χ2v) is 11.8. The second kappa shape index (κ2) is 11.1. The van der Waals surface area contributed by atoms with E-state index in [1.807, 2.05) is 6.07 Å². The Bertz CT molecular complexity index is 1360. The van der Waals surface area contributed by atoms with Crippen molar-refractivity contribution in [3.05, 3.63) is 57.0 Å². The van der Waals surface area contributed by atoms with Crippen LogP contribution in [0, 0.1) is 5.92 Å². The lowest BCUT2D eigenvalue weighted by atomic mass is 9.84. The van der Waals surface area contributed by atoms with E-state index in [-0.39, 0.29) is 17.5 Å². The molecule has 10 heteroatoms. The number of rotatable bonds is 8. The monoisotopic (exact) mass is 544 g/mol. The van der Waals surface area contributed by atoms with Crippen molar-refractivity contribution < 1.29 is 18.3 Å². The van der Waals surface area contributed by atoms with Crippen LogP contribution in [0.4, 0.5) is 8.78 Å². The first-order valence-corrected chi connectivity index (χ1v) is 14.1. The molecule has 0 radical (unpaired) electrons. The molecule has 0 saturated heterocycles. The van der Waals surface area contributed by atoms with Crippen LogP contribution < -0.4 is 15.6 Å². The number of pyridine rings is 1. The summed E-state index contributed by atoms with van der Waals surface area (Å²) in [6.45, 7) is 2.86. The van der Waals surface area contributed by atoms with Gasteiger partial charge >= 0.3 is 0 Å². The van der Waals surface area contributed by atoms with Gasteiger partial charge in [-0.25, -0.2) is 13.8 Å². The Balaban J connectivity index is 1.08. The zero-order chi connectivity index (χ0) is 26.9. The topological polar surface area (TPSA) is 76.5 Å². The molecular weight excluding hydrogens is 510 g/mol.